The monoisotopic (exact) mass is 400 g/mol. The Hall–Kier alpha value is -2.64. The largest absolute Gasteiger partial charge is 0.396 e. The smallest absolute Gasteiger partial charge is 0.205 e. The Morgan fingerprint density at radius 1 is 1.07 bits per heavy atom. The molecule has 2 aromatic carbocycles. The normalized spacial score (nSPS) is 11.3. The number of nitrogens with one attached hydrogen (secondary N) is 1. The van der Waals surface area contributed by atoms with Crippen molar-refractivity contribution in [3.05, 3.63) is 70.6 Å². The number of thiophene rings is 1. The number of para-hydroxylation sites is 1. The summed E-state index contributed by atoms with van der Waals surface area (Å²) in [4.78, 5) is 13.1. The van der Waals surface area contributed by atoms with Gasteiger partial charge in [0.25, 0.3) is 0 Å². The van der Waals surface area contributed by atoms with E-state index in [4.69, 9.17) is 5.73 Å². The van der Waals surface area contributed by atoms with E-state index < -0.39 is 9.84 Å². The third-order valence-corrected chi connectivity index (χ3v) is 7.28. The molecule has 0 bridgehead atoms. The van der Waals surface area contributed by atoms with Crippen molar-refractivity contribution in [1.29, 1.82) is 0 Å². The highest BCUT2D eigenvalue weighted by Crippen LogP contribution is 2.42. The van der Waals surface area contributed by atoms with Crippen molar-refractivity contribution in [2.24, 2.45) is 0 Å². The second kappa shape index (κ2) is 7.54. The van der Waals surface area contributed by atoms with Crippen LogP contribution >= 0.6 is 11.3 Å². The standard InChI is InChI=1S/C20H20N2O3S2/c1-3-27(24,25)19-16(21)18(17(23)14-10-5-4-6-11-14)26-20(19)22-15-12-8-7-9-13(15)2/h4-12,22H,3,21H2,1-2H3. The number of hydrogen-bond donors (Lipinski definition) is 2. The van der Waals surface area contributed by atoms with Crippen LogP contribution in [-0.4, -0.2) is 20.0 Å². The van der Waals surface area contributed by atoms with Gasteiger partial charge in [0, 0.05) is 11.3 Å². The lowest BCUT2D eigenvalue weighted by Gasteiger charge is -2.10. The summed E-state index contributed by atoms with van der Waals surface area (Å²) in [6.07, 6.45) is 0. The van der Waals surface area contributed by atoms with Crippen LogP contribution in [0.1, 0.15) is 27.7 Å². The first kappa shape index (κ1) is 19.1. The molecule has 0 fully saturated rings. The Bertz CT molecular complexity index is 1090. The van der Waals surface area contributed by atoms with Gasteiger partial charge in [0.15, 0.2) is 9.84 Å². The number of anilines is 3. The molecule has 0 radical (unpaired) electrons. The van der Waals surface area contributed by atoms with E-state index >= 15 is 0 Å². The number of hydrogen-bond acceptors (Lipinski definition) is 6. The molecule has 3 N–H and O–H groups in total. The second-order valence-corrected chi connectivity index (χ2v) is 9.28. The fourth-order valence-electron chi connectivity index (χ4n) is 2.69. The zero-order valence-corrected chi connectivity index (χ0v) is 16.7. The third-order valence-electron chi connectivity index (χ3n) is 4.23. The van der Waals surface area contributed by atoms with E-state index in [1.165, 1.54) is 0 Å². The molecule has 0 saturated heterocycles. The molecule has 140 valence electrons. The number of aryl methyl sites for hydroxylation is 1. The lowest BCUT2D eigenvalue weighted by atomic mass is 10.1. The average molecular weight is 401 g/mol. The maximum absolute atomic E-state index is 12.9. The lowest BCUT2D eigenvalue weighted by Crippen LogP contribution is -2.09. The van der Waals surface area contributed by atoms with Gasteiger partial charge >= 0.3 is 0 Å². The Kier molecular flexibility index (Phi) is 5.34. The summed E-state index contributed by atoms with van der Waals surface area (Å²) in [6, 6.07) is 16.2. The zero-order valence-electron chi connectivity index (χ0n) is 15.0. The molecule has 0 aliphatic rings. The van der Waals surface area contributed by atoms with Crippen LogP contribution in [0, 0.1) is 6.92 Å². The van der Waals surface area contributed by atoms with Gasteiger partial charge in [0.05, 0.1) is 11.4 Å². The molecule has 3 rings (SSSR count). The number of carbonyl (C=O) groups excluding carboxylic acids is 1. The molecule has 0 saturated carbocycles. The van der Waals surface area contributed by atoms with Gasteiger partial charge in [-0.05, 0) is 18.6 Å². The molecule has 0 atom stereocenters. The maximum atomic E-state index is 12.9. The number of benzene rings is 2. The summed E-state index contributed by atoms with van der Waals surface area (Å²) in [6.45, 7) is 3.48. The molecule has 1 heterocycles. The van der Waals surface area contributed by atoms with Crippen molar-refractivity contribution in [3.63, 3.8) is 0 Å². The first-order chi connectivity index (χ1) is 12.8. The van der Waals surface area contributed by atoms with Crippen molar-refractivity contribution in [3.8, 4) is 0 Å². The lowest BCUT2D eigenvalue weighted by molar-refractivity contribution is 0.104. The molecule has 1 aromatic heterocycles. The van der Waals surface area contributed by atoms with Crippen molar-refractivity contribution >= 4 is 43.3 Å². The topological polar surface area (TPSA) is 89.3 Å². The summed E-state index contributed by atoms with van der Waals surface area (Å²) in [5.74, 6) is -0.390. The SMILES string of the molecule is CCS(=O)(=O)c1c(Nc2ccccc2C)sc(C(=O)c2ccccc2)c1N. The number of nitrogen functional groups attached to an aromatic ring is 1. The van der Waals surface area contributed by atoms with Crippen molar-refractivity contribution < 1.29 is 13.2 Å². The van der Waals surface area contributed by atoms with Crippen LogP contribution in [0.2, 0.25) is 0 Å². The highest BCUT2D eigenvalue weighted by Gasteiger charge is 2.29. The van der Waals surface area contributed by atoms with Gasteiger partial charge in [-0.1, -0.05) is 55.5 Å². The summed E-state index contributed by atoms with van der Waals surface area (Å²) < 4.78 is 25.3. The quantitative estimate of drug-likeness (QED) is 0.598. The van der Waals surface area contributed by atoms with Crippen molar-refractivity contribution in [2.75, 3.05) is 16.8 Å². The van der Waals surface area contributed by atoms with Gasteiger partial charge in [0.2, 0.25) is 5.78 Å². The van der Waals surface area contributed by atoms with Crippen LogP contribution in [0.3, 0.4) is 0 Å². The molecule has 0 aliphatic heterocycles. The van der Waals surface area contributed by atoms with E-state index in [2.05, 4.69) is 5.32 Å². The first-order valence-corrected chi connectivity index (χ1v) is 10.9. The number of rotatable bonds is 6. The summed E-state index contributed by atoms with van der Waals surface area (Å²) in [5.41, 5.74) is 8.37. The molecule has 3 aromatic rings. The molecule has 0 spiro atoms. The minimum atomic E-state index is -3.62. The highest BCUT2D eigenvalue weighted by molar-refractivity contribution is 7.92. The Morgan fingerprint density at radius 3 is 2.33 bits per heavy atom. The number of carbonyl (C=O) groups is 1. The van der Waals surface area contributed by atoms with Gasteiger partial charge in [0.1, 0.15) is 14.8 Å². The molecular weight excluding hydrogens is 380 g/mol. The van der Waals surface area contributed by atoms with E-state index in [0.29, 0.717) is 10.6 Å². The number of nitrogens with two attached hydrogens (primary N) is 1. The average Bonchev–Trinajstić information content (AvgIpc) is 3.00. The van der Waals surface area contributed by atoms with Gasteiger partial charge in [-0.3, -0.25) is 4.79 Å². The van der Waals surface area contributed by atoms with Crippen LogP contribution in [-0.2, 0) is 9.84 Å². The van der Waals surface area contributed by atoms with Gasteiger partial charge in [-0.15, -0.1) is 11.3 Å². The number of sulfone groups is 1. The second-order valence-electron chi connectivity index (χ2n) is 6.04. The van der Waals surface area contributed by atoms with E-state index in [0.717, 1.165) is 22.6 Å². The van der Waals surface area contributed by atoms with Gasteiger partial charge in [-0.25, -0.2) is 8.42 Å². The third kappa shape index (κ3) is 3.74. The first-order valence-electron chi connectivity index (χ1n) is 8.42. The van der Waals surface area contributed by atoms with Crippen molar-refractivity contribution in [1.82, 2.24) is 0 Å². The predicted octanol–water partition coefficient (Wildman–Crippen LogP) is 4.41. The van der Waals surface area contributed by atoms with Crippen LogP contribution in [0.25, 0.3) is 0 Å². The zero-order chi connectivity index (χ0) is 19.6. The van der Waals surface area contributed by atoms with Crippen LogP contribution in [0.15, 0.2) is 59.5 Å². The van der Waals surface area contributed by atoms with E-state index in [-0.39, 0.29) is 27.0 Å². The minimum absolute atomic E-state index is 0.00228. The van der Waals surface area contributed by atoms with Gasteiger partial charge < -0.3 is 11.1 Å². The van der Waals surface area contributed by atoms with Crippen molar-refractivity contribution in [2.45, 2.75) is 18.7 Å². The van der Waals surface area contributed by atoms with E-state index in [9.17, 15) is 13.2 Å². The summed E-state index contributed by atoms with van der Waals surface area (Å²) in [5, 5.41) is 3.52. The summed E-state index contributed by atoms with van der Waals surface area (Å²) >= 11 is 1.07. The van der Waals surface area contributed by atoms with E-state index in [1.807, 2.05) is 37.3 Å². The molecule has 0 unspecified atom stereocenters. The minimum Gasteiger partial charge on any atom is -0.396 e. The molecule has 27 heavy (non-hydrogen) atoms. The Labute approximate surface area is 162 Å². The fraction of sp³-hybridized carbons (Fsp3) is 0.150. The highest BCUT2D eigenvalue weighted by atomic mass is 32.2. The molecule has 5 nitrogen and oxygen atoms in total. The Morgan fingerprint density at radius 2 is 1.70 bits per heavy atom. The van der Waals surface area contributed by atoms with E-state index in [1.54, 1.807) is 31.2 Å². The van der Waals surface area contributed by atoms with Crippen LogP contribution < -0.4 is 11.1 Å². The fourth-order valence-corrected chi connectivity index (χ4v) is 5.31. The number of ketones is 1. The maximum Gasteiger partial charge on any atom is 0.205 e. The molecular formula is C20H20N2O3S2. The van der Waals surface area contributed by atoms with Crippen LogP contribution in [0.4, 0.5) is 16.4 Å². The molecule has 7 heteroatoms. The predicted molar refractivity (Wildman–Crippen MR) is 111 cm³/mol. The Balaban J connectivity index is 2.15. The van der Waals surface area contributed by atoms with Gasteiger partial charge in [-0.2, -0.15) is 0 Å². The van der Waals surface area contributed by atoms with Crippen LogP contribution in [0.5, 0.6) is 0 Å². The molecule has 0 aliphatic carbocycles. The summed E-state index contributed by atoms with van der Waals surface area (Å²) in [7, 11) is -3.62. The molecule has 0 amide bonds.